The fourth-order valence-electron chi connectivity index (χ4n) is 2.50. The van der Waals surface area contributed by atoms with Gasteiger partial charge in [-0.25, -0.2) is 4.99 Å². The van der Waals surface area contributed by atoms with Gasteiger partial charge in [0.25, 0.3) is 0 Å². The van der Waals surface area contributed by atoms with Gasteiger partial charge in [0, 0.05) is 19.3 Å². The van der Waals surface area contributed by atoms with E-state index in [1.807, 2.05) is 27.7 Å². The Morgan fingerprint density at radius 3 is 2.44 bits per heavy atom. The molecule has 0 saturated carbocycles. The zero-order valence-corrected chi connectivity index (χ0v) is 12.3. The number of nitrogens with one attached hydrogen (secondary N) is 1. The first-order valence-electron chi connectivity index (χ1n) is 6.85. The van der Waals surface area contributed by atoms with Gasteiger partial charge in [-0.2, -0.15) is 0 Å². The molecule has 0 bridgehead atoms. The standard InChI is InChI=1S/C15H25NO2/c1-6-7-11(16-10(2)3)14-12(17)8-15(4,5)9-13(14)18/h10,17H,6-9H2,1-5H3/p+1. The summed E-state index contributed by atoms with van der Waals surface area (Å²) < 4.78 is 0. The molecule has 1 rings (SSSR count). The zero-order valence-electron chi connectivity index (χ0n) is 12.3. The Bertz CT molecular complexity index is 389. The van der Waals surface area contributed by atoms with Crippen LogP contribution >= 0.6 is 0 Å². The van der Waals surface area contributed by atoms with E-state index in [1.165, 1.54) is 0 Å². The normalized spacial score (nSPS) is 20.8. The molecule has 0 saturated heterocycles. The van der Waals surface area contributed by atoms with Gasteiger partial charge >= 0.3 is 0 Å². The second-order valence-corrected chi connectivity index (χ2v) is 6.29. The van der Waals surface area contributed by atoms with Crippen molar-refractivity contribution < 1.29 is 14.9 Å². The van der Waals surface area contributed by atoms with Crippen molar-refractivity contribution in [2.75, 3.05) is 0 Å². The minimum atomic E-state index is -0.125. The van der Waals surface area contributed by atoms with Crippen molar-refractivity contribution in [3.8, 4) is 0 Å². The molecule has 1 aliphatic carbocycles. The molecule has 0 spiro atoms. The number of carbonyl (C=O) groups is 1. The topological polar surface area (TPSA) is 51.3 Å². The van der Waals surface area contributed by atoms with Crippen LogP contribution in [0.1, 0.15) is 60.3 Å². The molecular formula is C15H26NO2+. The summed E-state index contributed by atoms with van der Waals surface area (Å²) >= 11 is 0. The quantitative estimate of drug-likeness (QED) is 0.751. The van der Waals surface area contributed by atoms with E-state index < -0.39 is 0 Å². The molecule has 18 heavy (non-hydrogen) atoms. The second kappa shape index (κ2) is 5.68. The average Bonchev–Trinajstić information content (AvgIpc) is 2.12. The molecule has 0 aliphatic heterocycles. The van der Waals surface area contributed by atoms with Gasteiger partial charge in [-0.05, 0) is 25.7 Å². The van der Waals surface area contributed by atoms with E-state index in [2.05, 4.69) is 11.9 Å². The van der Waals surface area contributed by atoms with Crippen molar-refractivity contribution in [3.63, 3.8) is 0 Å². The first kappa shape index (κ1) is 14.9. The van der Waals surface area contributed by atoms with Gasteiger partial charge in [0.1, 0.15) is 17.4 Å². The molecule has 0 heterocycles. The van der Waals surface area contributed by atoms with Crippen LogP contribution in [-0.2, 0) is 4.79 Å². The van der Waals surface area contributed by atoms with E-state index in [0.29, 0.717) is 18.4 Å². The predicted octanol–water partition coefficient (Wildman–Crippen LogP) is 1.92. The Morgan fingerprint density at radius 1 is 1.39 bits per heavy atom. The predicted molar refractivity (Wildman–Crippen MR) is 73.7 cm³/mol. The maximum absolute atomic E-state index is 12.2. The second-order valence-electron chi connectivity index (χ2n) is 6.29. The summed E-state index contributed by atoms with van der Waals surface area (Å²) in [7, 11) is 0. The largest absolute Gasteiger partial charge is 0.511 e. The minimum absolute atomic E-state index is 0.0698. The summed E-state index contributed by atoms with van der Waals surface area (Å²) in [4.78, 5) is 15.6. The number of carbonyl (C=O) groups excluding carboxylic acids is 1. The lowest BCUT2D eigenvalue weighted by molar-refractivity contribution is -0.494. The number of aliphatic hydroxyl groups is 1. The summed E-state index contributed by atoms with van der Waals surface area (Å²) in [6.07, 6.45) is 2.87. The highest BCUT2D eigenvalue weighted by molar-refractivity contribution is 6.21. The van der Waals surface area contributed by atoms with Crippen LogP contribution in [0.2, 0.25) is 0 Å². The van der Waals surface area contributed by atoms with Gasteiger partial charge in [-0.15, -0.1) is 0 Å². The molecule has 2 N–H and O–H groups in total. The number of rotatable bonds is 4. The van der Waals surface area contributed by atoms with Crippen molar-refractivity contribution in [2.45, 2.75) is 66.3 Å². The molecule has 0 fully saturated rings. The molecule has 0 atom stereocenters. The highest BCUT2D eigenvalue weighted by Crippen LogP contribution is 2.36. The number of ketones is 1. The van der Waals surface area contributed by atoms with Crippen LogP contribution in [0.25, 0.3) is 0 Å². The number of allylic oxidation sites excluding steroid dienone is 2. The van der Waals surface area contributed by atoms with Gasteiger partial charge < -0.3 is 5.11 Å². The number of Topliss-reactive ketones (excluding diaryl/α,β-unsaturated/α-hetero) is 1. The number of aliphatic hydroxyl groups excluding tert-OH is 1. The van der Waals surface area contributed by atoms with Gasteiger partial charge in [0.2, 0.25) is 0 Å². The highest BCUT2D eigenvalue weighted by atomic mass is 16.3. The third-order valence-electron chi connectivity index (χ3n) is 3.12. The molecule has 102 valence electrons. The van der Waals surface area contributed by atoms with Crippen LogP contribution in [0, 0.1) is 5.41 Å². The maximum Gasteiger partial charge on any atom is 0.188 e. The molecule has 1 aliphatic rings. The van der Waals surface area contributed by atoms with Crippen molar-refractivity contribution in [1.82, 2.24) is 0 Å². The summed E-state index contributed by atoms with van der Waals surface area (Å²) in [5.41, 5.74) is 1.33. The molecule has 0 aromatic heterocycles. The molecular weight excluding hydrogens is 226 g/mol. The van der Waals surface area contributed by atoms with E-state index in [1.54, 1.807) is 0 Å². The summed E-state index contributed by atoms with van der Waals surface area (Å²) in [6, 6.07) is 0.273. The first-order valence-corrected chi connectivity index (χ1v) is 6.85. The van der Waals surface area contributed by atoms with E-state index in [9.17, 15) is 9.90 Å². The van der Waals surface area contributed by atoms with Crippen LogP contribution in [0.5, 0.6) is 0 Å². The highest BCUT2D eigenvalue weighted by Gasteiger charge is 2.36. The van der Waals surface area contributed by atoms with E-state index >= 15 is 0 Å². The molecule has 3 nitrogen and oxygen atoms in total. The molecule has 0 aromatic carbocycles. The van der Waals surface area contributed by atoms with Crippen molar-refractivity contribution in [2.24, 2.45) is 5.41 Å². The van der Waals surface area contributed by atoms with Crippen LogP contribution in [-0.4, -0.2) is 22.6 Å². The van der Waals surface area contributed by atoms with Crippen LogP contribution in [0.15, 0.2) is 11.3 Å². The number of hydrogen-bond donors (Lipinski definition) is 2. The van der Waals surface area contributed by atoms with Crippen LogP contribution in [0.3, 0.4) is 0 Å². The Hall–Kier alpha value is -1.12. The van der Waals surface area contributed by atoms with Crippen molar-refractivity contribution >= 4 is 11.5 Å². The maximum atomic E-state index is 12.2. The van der Waals surface area contributed by atoms with Crippen molar-refractivity contribution in [3.05, 3.63) is 11.3 Å². The Kier molecular flexibility index (Phi) is 4.71. The van der Waals surface area contributed by atoms with Crippen molar-refractivity contribution in [1.29, 1.82) is 0 Å². The average molecular weight is 252 g/mol. The van der Waals surface area contributed by atoms with Gasteiger partial charge in [-0.1, -0.05) is 20.8 Å². The fraction of sp³-hybridized carbons (Fsp3) is 0.733. The molecule has 0 unspecified atom stereocenters. The molecule has 0 radical (unpaired) electrons. The molecule has 0 amide bonds. The lowest BCUT2D eigenvalue weighted by Crippen LogP contribution is -2.78. The first-order chi connectivity index (χ1) is 8.26. The Labute approximate surface area is 110 Å². The zero-order chi connectivity index (χ0) is 13.9. The SMILES string of the molecule is CCCC(=[NH+]C(C)C)C1=C(O)CC(C)(C)CC1=O. The summed E-state index contributed by atoms with van der Waals surface area (Å²) in [6.45, 7) is 10.2. The fourth-order valence-corrected chi connectivity index (χ4v) is 2.50. The third kappa shape index (κ3) is 3.69. The smallest absolute Gasteiger partial charge is 0.188 e. The van der Waals surface area contributed by atoms with E-state index in [4.69, 9.17) is 0 Å². The Morgan fingerprint density at radius 2 is 2.00 bits per heavy atom. The minimum Gasteiger partial charge on any atom is -0.511 e. The lowest BCUT2D eigenvalue weighted by atomic mass is 9.75. The summed E-state index contributed by atoms with van der Waals surface area (Å²) in [5, 5.41) is 10.2. The lowest BCUT2D eigenvalue weighted by Gasteiger charge is -2.28. The number of hydrogen-bond acceptors (Lipinski definition) is 2. The van der Waals surface area contributed by atoms with Gasteiger partial charge in [-0.3, -0.25) is 4.79 Å². The monoisotopic (exact) mass is 252 g/mol. The third-order valence-corrected chi connectivity index (χ3v) is 3.12. The van der Waals surface area contributed by atoms with Gasteiger partial charge in [0.15, 0.2) is 11.5 Å². The summed E-state index contributed by atoms with van der Waals surface area (Å²) in [5.74, 6) is 0.327. The van der Waals surface area contributed by atoms with Crippen LogP contribution in [0.4, 0.5) is 0 Å². The molecule has 3 heteroatoms. The van der Waals surface area contributed by atoms with Gasteiger partial charge in [0.05, 0.1) is 0 Å². The van der Waals surface area contributed by atoms with E-state index in [-0.39, 0.29) is 23.0 Å². The van der Waals surface area contributed by atoms with E-state index in [0.717, 1.165) is 18.6 Å². The van der Waals surface area contributed by atoms with Crippen LogP contribution < -0.4 is 4.99 Å². The molecule has 0 aromatic rings. The Balaban J connectivity index is 3.15.